The molecule has 0 aromatic heterocycles. The van der Waals surface area contributed by atoms with Crippen LogP contribution in [0.25, 0.3) is 0 Å². The molecule has 0 amide bonds. The first-order valence-corrected chi connectivity index (χ1v) is 7.28. The predicted molar refractivity (Wildman–Crippen MR) is 53.5 cm³/mol. The van der Waals surface area contributed by atoms with E-state index in [4.69, 9.17) is 4.43 Å². The first kappa shape index (κ1) is 11.4. The van der Waals surface area contributed by atoms with Gasteiger partial charge in [-0.25, -0.2) is 4.79 Å². The molecule has 0 saturated carbocycles. The predicted octanol–water partition coefficient (Wildman–Crippen LogP) is 2.72. The maximum atomic E-state index is 10.9. The van der Waals surface area contributed by atoms with Gasteiger partial charge in [-0.3, -0.25) is 0 Å². The van der Waals surface area contributed by atoms with Gasteiger partial charge in [0.2, 0.25) is 0 Å². The summed E-state index contributed by atoms with van der Waals surface area (Å²) in [5.41, 5.74) is 0.501. The Morgan fingerprint density at radius 2 is 2.17 bits per heavy atom. The van der Waals surface area contributed by atoms with E-state index in [1.54, 1.807) is 0 Å². The van der Waals surface area contributed by atoms with Crippen LogP contribution in [0.3, 0.4) is 0 Å². The molecule has 2 nitrogen and oxygen atoms in total. The average molecular weight is 186 g/mol. The molecule has 1 atom stereocenters. The lowest BCUT2D eigenvalue weighted by Crippen LogP contribution is -2.36. The Morgan fingerprint density at radius 1 is 1.67 bits per heavy atom. The highest BCUT2D eigenvalue weighted by Crippen LogP contribution is 2.25. The standard InChI is InChI=1S/C9H18O2Si/c1-6-8(3)12(4,5)11-9(10)7-2/h7-8H,2,6H2,1,3-5H3. The van der Waals surface area contributed by atoms with E-state index in [1.807, 2.05) is 0 Å². The SMILES string of the molecule is C=CC(=O)O[Si](C)(C)C(C)CC. The van der Waals surface area contributed by atoms with Crippen molar-refractivity contribution in [2.75, 3.05) is 0 Å². The Labute approximate surface area is 75.7 Å². The van der Waals surface area contributed by atoms with E-state index >= 15 is 0 Å². The molecule has 0 N–H and O–H groups in total. The lowest BCUT2D eigenvalue weighted by atomic mass is 10.4. The molecule has 0 aromatic carbocycles. The topological polar surface area (TPSA) is 26.3 Å². The Kier molecular flexibility index (Phi) is 4.24. The maximum absolute atomic E-state index is 10.9. The van der Waals surface area contributed by atoms with Gasteiger partial charge in [0.05, 0.1) is 0 Å². The molecule has 0 aliphatic rings. The lowest BCUT2D eigenvalue weighted by Gasteiger charge is -2.27. The Morgan fingerprint density at radius 3 is 2.50 bits per heavy atom. The Hall–Kier alpha value is -0.573. The molecule has 0 rings (SSSR count). The van der Waals surface area contributed by atoms with Crippen LogP contribution in [0.5, 0.6) is 0 Å². The van der Waals surface area contributed by atoms with E-state index in [0.717, 1.165) is 6.42 Å². The van der Waals surface area contributed by atoms with Crippen molar-refractivity contribution in [3.05, 3.63) is 12.7 Å². The van der Waals surface area contributed by atoms with E-state index < -0.39 is 8.32 Å². The molecular formula is C9H18O2Si. The van der Waals surface area contributed by atoms with Gasteiger partial charge in [-0.15, -0.1) is 0 Å². The molecule has 0 radical (unpaired) electrons. The quantitative estimate of drug-likeness (QED) is 0.498. The Bertz CT molecular complexity index is 175. The van der Waals surface area contributed by atoms with Crippen molar-refractivity contribution in [3.63, 3.8) is 0 Å². The number of rotatable bonds is 4. The zero-order chi connectivity index (χ0) is 9.78. The summed E-state index contributed by atoms with van der Waals surface area (Å²) >= 11 is 0. The number of carbonyl (C=O) groups excluding carboxylic acids is 1. The van der Waals surface area contributed by atoms with Gasteiger partial charge >= 0.3 is 5.97 Å². The molecule has 0 heterocycles. The first-order chi connectivity index (χ1) is 5.44. The molecule has 1 unspecified atom stereocenters. The van der Waals surface area contributed by atoms with E-state index in [1.165, 1.54) is 6.08 Å². The van der Waals surface area contributed by atoms with Crippen molar-refractivity contribution in [2.24, 2.45) is 0 Å². The molecule has 0 fully saturated rings. The zero-order valence-electron chi connectivity index (χ0n) is 8.39. The monoisotopic (exact) mass is 186 g/mol. The fourth-order valence-corrected chi connectivity index (χ4v) is 2.68. The number of hydrogen-bond acceptors (Lipinski definition) is 2. The van der Waals surface area contributed by atoms with Crippen molar-refractivity contribution in [1.29, 1.82) is 0 Å². The third-order valence-electron chi connectivity index (χ3n) is 2.33. The van der Waals surface area contributed by atoms with Crippen molar-refractivity contribution in [3.8, 4) is 0 Å². The smallest absolute Gasteiger partial charge is 0.316 e. The minimum absolute atomic E-state index is 0.285. The van der Waals surface area contributed by atoms with Gasteiger partial charge in [-0.2, -0.15) is 0 Å². The normalized spacial score (nSPS) is 13.7. The van der Waals surface area contributed by atoms with Crippen LogP contribution in [0, 0.1) is 0 Å². The van der Waals surface area contributed by atoms with Crippen LogP contribution >= 0.6 is 0 Å². The summed E-state index contributed by atoms with van der Waals surface area (Å²) in [7, 11) is -1.81. The van der Waals surface area contributed by atoms with Crippen molar-refractivity contribution >= 4 is 14.3 Å². The van der Waals surface area contributed by atoms with E-state index in [-0.39, 0.29) is 5.97 Å². The van der Waals surface area contributed by atoms with E-state index in [0.29, 0.717) is 5.54 Å². The summed E-state index contributed by atoms with van der Waals surface area (Å²) in [5, 5.41) is 0. The van der Waals surface area contributed by atoms with Gasteiger partial charge in [0.15, 0.2) is 0 Å². The fraction of sp³-hybridized carbons (Fsp3) is 0.667. The summed E-state index contributed by atoms with van der Waals surface area (Å²) < 4.78 is 5.32. The molecular weight excluding hydrogens is 168 g/mol. The number of hydrogen-bond donors (Lipinski definition) is 0. The van der Waals surface area contributed by atoms with Gasteiger partial charge in [0.25, 0.3) is 8.32 Å². The highest BCUT2D eigenvalue weighted by Gasteiger charge is 2.31. The molecule has 3 heteroatoms. The van der Waals surface area contributed by atoms with Gasteiger partial charge in [0.1, 0.15) is 0 Å². The summed E-state index contributed by atoms with van der Waals surface area (Å²) in [6, 6.07) is 0. The molecule has 0 spiro atoms. The molecule has 70 valence electrons. The molecule has 0 saturated heterocycles. The van der Waals surface area contributed by atoms with Crippen molar-refractivity contribution in [2.45, 2.75) is 38.9 Å². The minimum Gasteiger partial charge on any atom is -0.516 e. The van der Waals surface area contributed by atoms with Crippen LogP contribution in [0.2, 0.25) is 18.6 Å². The highest BCUT2D eigenvalue weighted by atomic mass is 28.4. The van der Waals surface area contributed by atoms with Crippen LogP contribution in [0.1, 0.15) is 20.3 Å². The van der Waals surface area contributed by atoms with Crippen LogP contribution in [-0.4, -0.2) is 14.3 Å². The molecule has 0 aliphatic carbocycles. The molecule has 0 aromatic rings. The highest BCUT2D eigenvalue weighted by molar-refractivity contribution is 6.74. The minimum atomic E-state index is -1.81. The van der Waals surface area contributed by atoms with Gasteiger partial charge in [0, 0.05) is 6.08 Å². The summed E-state index contributed by atoms with van der Waals surface area (Å²) in [6.45, 7) is 11.7. The van der Waals surface area contributed by atoms with Crippen molar-refractivity contribution < 1.29 is 9.22 Å². The third kappa shape index (κ3) is 3.22. The van der Waals surface area contributed by atoms with Gasteiger partial charge < -0.3 is 4.43 Å². The number of carbonyl (C=O) groups is 1. The zero-order valence-corrected chi connectivity index (χ0v) is 9.39. The third-order valence-corrected chi connectivity index (χ3v) is 5.84. The van der Waals surface area contributed by atoms with Crippen LogP contribution in [0.15, 0.2) is 12.7 Å². The van der Waals surface area contributed by atoms with Crippen LogP contribution in [-0.2, 0) is 9.22 Å². The second-order valence-corrected chi connectivity index (χ2v) is 7.93. The largest absolute Gasteiger partial charge is 0.516 e. The van der Waals surface area contributed by atoms with Gasteiger partial charge in [-0.1, -0.05) is 26.8 Å². The van der Waals surface area contributed by atoms with E-state index in [2.05, 4.69) is 33.5 Å². The molecule has 0 bridgehead atoms. The maximum Gasteiger partial charge on any atom is 0.316 e. The first-order valence-electron chi connectivity index (χ1n) is 4.29. The summed E-state index contributed by atoms with van der Waals surface area (Å²) in [4.78, 5) is 10.9. The van der Waals surface area contributed by atoms with Crippen LogP contribution < -0.4 is 0 Å². The second-order valence-electron chi connectivity index (χ2n) is 3.54. The molecule has 0 aliphatic heterocycles. The van der Waals surface area contributed by atoms with Crippen LogP contribution in [0.4, 0.5) is 0 Å². The molecule has 12 heavy (non-hydrogen) atoms. The summed E-state index contributed by atoms with van der Waals surface area (Å²) in [6.07, 6.45) is 2.29. The van der Waals surface area contributed by atoms with E-state index in [9.17, 15) is 4.79 Å². The second kappa shape index (κ2) is 4.45. The Balaban J connectivity index is 4.20. The average Bonchev–Trinajstić information content (AvgIpc) is 2.02. The van der Waals surface area contributed by atoms with Crippen molar-refractivity contribution in [1.82, 2.24) is 0 Å². The summed E-state index contributed by atoms with van der Waals surface area (Å²) in [5.74, 6) is -0.285. The van der Waals surface area contributed by atoms with Gasteiger partial charge in [-0.05, 0) is 18.6 Å². The fourth-order valence-electron chi connectivity index (χ4n) is 0.893. The lowest BCUT2D eigenvalue weighted by molar-refractivity contribution is -0.129.